The number of amides is 3. The number of ether oxygens (including phenoxy) is 1. The third-order valence-corrected chi connectivity index (χ3v) is 20.7. The number of nitro benzene ring substituents is 2. The Morgan fingerprint density at radius 3 is 1.44 bits per heavy atom. The molecule has 1 fully saturated rings. The Hall–Kier alpha value is -6.44. The number of carbonyl (C=O) groups is 3. The van der Waals surface area contributed by atoms with Crippen molar-refractivity contribution in [3.8, 4) is 0 Å². The predicted molar refractivity (Wildman–Crippen MR) is 504 cm³/mol. The fourth-order valence-electron chi connectivity index (χ4n) is 12.1. The molecule has 8 heterocycles. The van der Waals surface area contributed by atoms with Crippen molar-refractivity contribution in [2.45, 2.75) is 91.4 Å². The molecule has 6 aliphatic rings. The molecule has 6 aliphatic heterocycles. The number of aliphatic imine (C=N–C) groups is 1. The third kappa shape index (κ3) is 40.2. The van der Waals surface area contributed by atoms with Crippen molar-refractivity contribution in [3.05, 3.63) is 190 Å². The number of aryl methyl sites for hydroxylation is 5. The third-order valence-electron chi connectivity index (χ3n) is 18.0. The van der Waals surface area contributed by atoms with E-state index in [9.17, 15) is 34.6 Å². The van der Waals surface area contributed by atoms with Gasteiger partial charge >= 0.3 is 18.9 Å². The van der Waals surface area contributed by atoms with Gasteiger partial charge in [-0.15, -0.1) is 82.4 Å². The minimum Gasteiger partial charge on any atom is -0.552 e. The fraction of sp³-hybridized carbons (Fsp3) is 0.470. The molecule has 117 heavy (non-hydrogen) atoms. The minimum absolute atomic E-state index is 0. The number of anilines is 7. The van der Waals surface area contributed by atoms with Crippen LogP contribution in [0.15, 0.2) is 131 Å². The number of halogens is 3. The predicted octanol–water partition coefficient (Wildman–Crippen LogP) is 11.2. The van der Waals surface area contributed by atoms with Gasteiger partial charge < -0.3 is 76.5 Å². The second-order valence-electron chi connectivity index (χ2n) is 28.3. The van der Waals surface area contributed by atoms with E-state index in [0.29, 0.717) is 55.2 Å². The van der Waals surface area contributed by atoms with Crippen molar-refractivity contribution in [1.29, 1.82) is 5.41 Å². The second kappa shape index (κ2) is 60.1. The summed E-state index contributed by atoms with van der Waals surface area (Å²) in [5, 5.41) is 43.5. The summed E-state index contributed by atoms with van der Waals surface area (Å²) in [4.78, 5) is 81.1. The van der Waals surface area contributed by atoms with Crippen molar-refractivity contribution in [1.82, 2.24) is 24.5 Å². The van der Waals surface area contributed by atoms with Gasteiger partial charge in [0.2, 0.25) is 17.7 Å². The molecule has 0 atom stereocenters. The van der Waals surface area contributed by atoms with Crippen LogP contribution in [0.25, 0.3) is 0 Å². The van der Waals surface area contributed by atoms with Gasteiger partial charge in [0.1, 0.15) is 10.9 Å². The standard InChI is InChI=1S/C18H24N4S.C13H17N3O3.C13H19N3O.C13H21N3.C9H8N2O3.C6H7NS2.C4H10ClN.C4H7O.C2H6O.CH4.Al.ClH.HI.Li/c1-21(2)10-11-22-9-3-5-14-13-15(7-8-16(14)22)20-18(19)17-6-4-12-23-17;1-14(2)7-8-15-12-5-4-11(16(18)19)9-10(12)3-6-13(15)17;1-15(2)7-8-16-12-5-4-11(14)9-10(12)3-6-13(16)17;1-15(2)8-9-16-7-3-4-11-10-12(14)5-6-13(11)16;12-9-4-1-6-5-7(11(13)14)2-3-8(6)10-9;1-8-6(7)5-3-2-4-9-5;1-6(2)4-3-5;1-2-4-5-3-1;1-2-3;;;;;/h4,6-8,12-13H,3,5,9-11H2,1-2H3,(H2,19,20);4-5,9H,3,6-8H2,1-2H3;4-5,9H,3,6-8,14H2,1-2H3;5-6,10H,3-4,7-9,14H2,1-2H3;2-3,5H,1,4H2,(H,10,12);2-4,7H,1H3;3-4H2,1-2H3;3H,1-2,4H2;3H,2H2,1H3;1H4;;2*1H;/q;;;;;;;-1;;;;;;+1. The molecule has 0 saturated carbocycles. The van der Waals surface area contributed by atoms with Crippen molar-refractivity contribution < 1.29 is 52.9 Å². The number of benzene rings is 5. The van der Waals surface area contributed by atoms with Gasteiger partial charge in [-0.05, 0) is 246 Å². The van der Waals surface area contributed by atoms with E-state index in [4.69, 9.17) is 44.1 Å². The van der Waals surface area contributed by atoms with Crippen LogP contribution in [0.5, 0.6) is 0 Å². The summed E-state index contributed by atoms with van der Waals surface area (Å²) in [6, 6.07) is 35.7. The summed E-state index contributed by atoms with van der Waals surface area (Å²) in [5.41, 5.74) is 31.4. The molecule has 26 nitrogen and oxygen atoms in total. The number of fused-ring (bicyclic) bond motifs is 5. The van der Waals surface area contributed by atoms with Gasteiger partial charge in [0.15, 0.2) is 0 Å². The van der Waals surface area contributed by atoms with Crippen LogP contribution in [-0.4, -0.2) is 253 Å². The number of aliphatic hydroxyl groups is 1. The number of nitrogens with one attached hydrogen (secondary N) is 2. The van der Waals surface area contributed by atoms with Crippen molar-refractivity contribution in [2.24, 2.45) is 10.7 Å². The average Bonchev–Trinajstić information content (AvgIpc) is 0.857. The topological polar surface area (TPSA) is 322 Å². The van der Waals surface area contributed by atoms with Gasteiger partial charge in [-0.3, -0.25) is 40.0 Å². The van der Waals surface area contributed by atoms with E-state index in [1.807, 2.05) is 129 Å². The van der Waals surface area contributed by atoms with E-state index in [1.165, 1.54) is 90.3 Å². The first-order chi connectivity index (χ1) is 53.5. The molecular weight excluding hydrogens is 1710 g/mol. The summed E-state index contributed by atoms with van der Waals surface area (Å²) in [6.45, 7) is 15.3. The van der Waals surface area contributed by atoms with E-state index in [1.54, 1.807) is 52.7 Å². The number of aliphatic hydroxyl groups excluding tert-OH is 1. The molecule has 1 saturated heterocycles. The first-order valence-electron chi connectivity index (χ1n) is 37.8. The first-order valence-corrected chi connectivity index (χ1v) is 41.3. The molecule has 3 radical (unpaired) electrons. The zero-order valence-corrected chi connectivity index (χ0v) is 77.4. The summed E-state index contributed by atoms with van der Waals surface area (Å²) in [6.07, 6.45) is 12.4. The monoisotopic (exact) mass is 1830 g/mol. The number of thioether (sulfide) groups is 1. The maximum absolute atomic E-state index is 12.0. The van der Waals surface area contributed by atoms with E-state index in [-0.39, 0.29) is 116 Å². The first kappa shape index (κ1) is 111. The molecule has 639 valence electrons. The number of thiophene rings is 2. The molecule has 0 unspecified atom stereocenters. The number of hydrogen-bond donors (Lipinski definition) is 6. The number of amidine groups is 1. The van der Waals surface area contributed by atoms with Crippen LogP contribution < -0.4 is 61.0 Å². The largest absolute Gasteiger partial charge is 1.00 e. The van der Waals surface area contributed by atoms with Crippen LogP contribution in [0.4, 0.5) is 56.9 Å². The SMILES string of the molecule is C.CCO.CN(C)CCCl.CN(C)CCN1C(=O)CCc2cc(N)ccc21.CN(C)CCN1C(=O)CCc2cc([N+](=O)[O-])ccc21.CN(C)CCN1CCCc2cc(N)ccc21.CN(C)CCN1CCCc2cc(N=C(N)c3cccs3)ccc21.CSC(=N)c1cccs1.Cl.I.O=C1CCc2cc([N+](=O)[O-])ccc2N1.[Al].[CH-]1CCCO1.[Li+]. The molecular formula is C83H125AlCl2ILiN17O9S3. The zero-order chi connectivity index (χ0) is 82.2. The van der Waals surface area contributed by atoms with Crippen molar-refractivity contribution in [3.63, 3.8) is 0 Å². The Labute approximate surface area is 758 Å². The number of carbonyl (C=O) groups excluding carboxylic acids is 3. The van der Waals surface area contributed by atoms with Gasteiger partial charge in [0.05, 0.1) is 25.3 Å². The molecule has 2 aromatic heterocycles. The molecule has 9 N–H and O–H groups in total. The smallest absolute Gasteiger partial charge is 0.552 e. The normalized spacial score (nSPS) is 13.8. The van der Waals surface area contributed by atoms with E-state index >= 15 is 0 Å². The van der Waals surface area contributed by atoms with Gasteiger partial charge in [-0.1, -0.05) is 26.0 Å². The Balaban J connectivity index is 0.00000134. The van der Waals surface area contributed by atoms with Crippen LogP contribution in [0.2, 0.25) is 0 Å². The maximum atomic E-state index is 12.0. The Bertz CT molecular complexity index is 4090. The molecule has 13 rings (SSSR count). The Kier molecular flexibility index (Phi) is 56.8. The summed E-state index contributed by atoms with van der Waals surface area (Å²) >= 11 is 10.1. The second-order valence-corrected chi connectivity index (χ2v) is 31.4. The van der Waals surface area contributed by atoms with Crippen LogP contribution in [0, 0.1) is 32.2 Å². The molecule has 0 bridgehead atoms. The van der Waals surface area contributed by atoms with Gasteiger partial charge in [-0.2, -0.15) is 6.42 Å². The van der Waals surface area contributed by atoms with Crippen molar-refractivity contribution in [2.75, 3.05) is 204 Å². The molecule has 34 heteroatoms. The van der Waals surface area contributed by atoms with Crippen molar-refractivity contribution >= 4 is 185 Å². The number of nitro groups is 2. The fourth-order valence-corrected chi connectivity index (χ4v) is 14.3. The van der Waals surface area contributed by atoms with Crippen LogP contribution in [-0.2, 0) is 51.2 Å². The Morgan fingerprint density at radius 2 is 1.03 bits per heavy atom. The number of alkyl halides is 1. The van der Waals surface area contributed by atoms with E-state index < -0.39 is 9.85 Å². The molecule has 0 aliphatic carbocycles. The average molecular weight is 1830 g/mol. The van der Waals surface area contributed by atoms with E-state index in [2.05, 4.69) is 93.3 Å². The maximum Gasteiger partial charge on any atom is 1.00 e. The quantitative estimate of drug-likeness (QED) is 0.00504. The van der Waals surface area contributed by atoms with Crippen LogP contribution in [0.1, 0.15) is 96.9 Å². The zero-order valence-electron chi connectivity index (χ0n) is 69.9. The number of non-ortho nitro benzene ring substituents is 2. The number of hydrogen-bond acceptors (Lipinski definition) is 23. The van der Waals surface area contributed by atoms with Gasteiger partial charge in [0.25, 0.3) is 11.4 Å². The number of nitrogen functional groups attached to an aromatic ring is 2. The minimum atomic E-state index is -0.434. The van der Waals surface area contributed by atoms with Crippen LogP contribution >= 0.6 is 82.4 Å². The number of nitrogens with zero attached hydrogens (tertiary/aromatic N) is 12. The summed E-state index contributed by atoms with van der Waals surface area (Å²) < 4.78 is 4.82. The van der Waals surface area contributed by atoms with Gasteiger partial charge in [-0.25, -0.2) is 11.6 Å². The Morgan fingerprint density at radius 1 is 0.607 bits per heavy atom. The summed E-state index contributed by atoms with van der Waals surface area (Å²) in [5.74, 6) is 1.59. The molecule has 7 aromatic rings. The summed E-state index contributed by atoms with van der Waals surface area (Å²) in [7, 11) is 20.4. The molecule has 0 spiro atoms. The molecule has 3 amide bonds. The number of rotatable bonds is 19. The number of nitrogens with two attached hydrogens (primary N) is 3. The molecule has 5 aromatic carbocycles. The van der Waals surface area contributed by atoms with E-state index in [0.717, 1.165) is 140 Å². The number of likely N-dealkylation sites (N-methyl/N-ethyl adjacent to an activating group) is 4. The van der Waals surface area contributed by atoms with Crippen LogP contribution in [0.3, 0.4) is 0 Å². The van der Waals surface area contributed by atoms with Gasteiger partial charge in [0, 0.05) is 192 Å².